The van der Waals surface area contributed by atoms with Gasteiger partial charge in [-0.2, -0.15) is 0 Å². The Labute approximate surface area is 102 Å². The van der Waals surface area contributed by atoms with E-state index < -0.39 is 0 Å². The summed E-state index contributed by atoms with van der Waals surface area (Å²) in [5.74, 6) is -0.719. The first-order valence-electron chi connectivity index (χ1n) is 5.72. The van der Waals surface area contributed by atoms with Gasteiger partial charge in [-0.15, -0.1) is 0 Å². The van der Waals surface area contributed by atoms with E-state index >= 15 is 0 Å². The summed E-state index contributed by atoms with van der Waals surface area (Å²) in [4.78, 5) is 33.0. The van der Waals surface area contributed by atoms with Gasteiger partial charge in [0.15, 0.2) is 0 Å². The Balaban J connectivity index is 3.62. The molecule has 0 radical (unpaired) electrons. The average molecular weight is 243 g/mol. The van der Waals surface area contributed by atoms with E-state index in [1.165, 1.54) is 6.92 Å². The summed E-state index contributed by atoms with van der Waals surface area (Å²) in [6.45, 7) is 5.47. The van der Waals surface area contributed by atoms with Crippen molar-refractivity contribution in [2.45, 2.75) is 33.2 Å². The number of amides is 2. The standard InChI is InChI=1S/C11H21N3O3/c1-4-8(2)12-6-10(16)14-7-11(17)13-5-9(3)15/h8,12H,4-7H2,1-3H3,(H,13,17)(H,14,16). The van der Waals surface area contributed by atoms with Gasteiger partial charge in [0.25, 0.3) is 0 Å². The molecule has 17 heavy (non-hydrogen) atoms. The van der Waals surface area contributed by atoms with Gasteiger partial charge < -0.3 is 16.0 Å². The lowest BCUT2D eigenvalue weighted by Gasteiger charge is -2.11. The Morgan fingerprint density at radius 2 is 1.53 bits per heavy atom. The molecule has 0 rings (SSSR count). The molecule has 0 fully saturated rings. The van der Waals surface area contributed by atoms with Crippen molar-refractivity contribution in [3.05, 3.63) is 0 Å². The number of nitrogens with one attached hydrogen (secondary N) is 3. The molecule has 0 aromatic heterocycles. The average Bonchev–Trinajstić information content (AvgIpc) is 2.30. The van der Waals surface area contributed by atoms with Crippen LogP contribution in [0.15, 0.2) is 0 Å². The van der Waals surface area contributed by atoms with Crippen molar-refractivity contribution < 1.29 is 14.4 Å². The minimum absolute atomic E-state index is 0.000176. The Morgan fingerprint density at radius 1 is 1.00 bits per heavy atom. The second-order valence-electron chi connectivity index (χ2n) is 3.95. The van der Waals surface area contributed by atoms with Crippen LogP contribution < -0.4 is 16.0 Å². The molecule has 1 atom stereocenters. The molecule has 2 amide bonds. The fraction of sp³-hybridized carbons (Fsp3) is 0.727. The van der Waals surface area contributed by atoms with Gasteiger partial charge in [0.2, 0.25) is 11.8 Å². The first-order chi connectivity index (χ1) is 7.95. The van der Waals surface area contributed by atoms with Crippen molar-refractivity contribution in [1.29, 1.82) is 0 Å². The van der Waals surface area contributed by atoms with Gasteiger partial charge in [-0.1, -0.05) is 6.92 Å². The zero-order chi connectivity index (χ0) is 13.3. The van der Waals surface area contributed by atoms with E-state index in [4.69, 9.17) is 0 Å². The summed E-state index contributed by atoms with van der Waals surface area (Å²) in [6, 6.07) is 0.271. The first kappa shape index (κ1) is 15.6. The van der Waals surface area contributed by atoms with E-state index in [9.17, 15) is 14.4 Å². The molecule has 6 nitrogen and oxygen atoms in total. The summed E-state index contributed by atoms with van der Waals surface area (Å²) in [7, 11) is 0. The SMILES string of the molecule is CCC(C)NCC(=O)NCC(=O)NCC(C)=O. The lowest BCUT2D eigenvalue weighted by atomic mass is 10.2. The Hall–Kier alpha value is -1.43. The van der Waals surface area contributed by atoms with E-state index in [0.29, 0.717) is 0 Å². The van der Waals surface area contributed by atoms with Gasteiger partial charge in [0, 0.05) is 6.04 Å². The predicted octanol–water partition coefficient (Wildman–Crippen LogP) is -0.804. The number of hydrogen-bond donors (Lipinski definition) is 3. The number of carbonyl (C=O) groups is 3. The Kier molecular flexibility index (Phi) is 7.96. The predicted molar refractivity (Wildman–Crippen MR) is 64.5 cm³/mol. The number of Topliss-reactive ketones (excluding diaryl/α,β-unsaturated/α-hetero) is 1. The first-order valence-corrected chi connectivity index (χ1v) is 5.72. The van der Waals surface area contributed by atoms with Crippen LogP contribution in [0.1, 0.15) is 27.2 Å². The number of carbonyl (C=O) groups excluding carboxylic acids is 3. The molecule has 0 aromatic carbocycles. The highest BCUT2D eigenvalue weighted by molar-refractivity contribution is 5.88. The highest BCUT2D eigenvalue weighted by Gasteiger charge is 2.06. The zero-order valence-corrected chi connectivity index (χ0v) is 10.6. The second kappa shape index (κ2) is 8.69. The van der Waals surface area contributed by atoms with Crippen LogP contribution in [0.5, 0.6) is 0 Å². The topological polar surface area (TPSA) is 87.3 Å². The quantitative estimate of drug-likeness (QED) is 0.520. The number of hydrogen-bond acceptors (Lipinski definition) is 4. The second-order valence-corrected chi connectivity index (χ2v) is 3.95. The van der Waals surface area contributed by atoms with E-state index in [0.717, 1.165) is 6.42 Å². The number of rotatable bonds is 8. The fourth-order valence-corrected chi connectivity index (χ4v) is 0.938. The molecule has 0 aliphatic carbocycles. The lowest BCUT2D eigenvalue weighted by Crippen LogP contribution is -2.43. The third-order valence-electron chi connectivity index (χ3n) is 2.20. The minimum Gasteiger partial charge on any atom is -0.348 e. The van der Waals surface area contributed by atoms with Gasteiger partial charge in [-0.25, -0.2) is 0 Å². The fourth-order valence-electron chi connectivity index (χ4n) is 0.938. The summed E-state index contributed by atoms with van der Waals surface area (Å²) in [5, 5.41) is 7.86. The summed E-state index contributed by atoms with van der Waals surface area (Å²) < 4.78 is 0. The highest BCUT2D eigenvalue weighted by Crippen LogP contribution is 1.85. The van der Waals surface area contributed by atoms with Crippen molar-refractivity contribution in [2.75, 3.05) is 19.6 Å². The molecular formula is C11H21N3O3. The van der Waals surface area contributed by atoms with Gasteiger partial charge in [-0.05, 0) is 20.3 Å². The van der Waals surface area contributed by atoms with Crippen LogP contribution in [-0.2, 0) is 14.4 Å². The van der Waals surface area contributed by atoms with Crippen LogP contribution in [0.3, 0.4) is 0 Å². The molecule has 0 aromatic rings. The molecule has 98 valence electrons. The molecule has 1 unspecified atom stereocenters. The summed E-state index contributed by atoms with van der Waals surface area (Å²) in [5.41, 5.74) is 0. The zero-order valence-electron chi connectivity index (χ0n) is 10.6. The molecule has 0 saturated carbocycles. The van der Waals surface area contributed by atoms with Crippen molar-refractivity contribution in [2.24, 2.45) is 0 Å². The highest BCUT2D eigenvalue weighted by atomic mass is 16.2. The van der Waals surface area contributed by atoms with E-state index in [2.05, 4.69) is 16.0 Å². The monoisotopic (exact) mass is 243 g/mol. The Morgan fingerprint density at radius 3 is 2.06 bits per heavy atom. The molecule has 0 heterocycles. The van der Waals surface area contributed by atoms with Crippen LogP contribution in [-0.4, -0.2) is 43.3 Å². The number of ketones is 1. The maximum absolute atomic E-state index is 11.3. The minimum atomic E-state index is -0.364. The molecule has 0 aliphatic heterocycles. The summed E-state index contributed by atoms with van der Waals surface area (Å²) in [6.07, 6.45) is 0.937. The van der Waals surface area contributed by atoms with Gasteiger partial charge in [0.05, 0.1) is 19.6 Å². The van der Waals surface area contributed by atoms with Crippen LogP contribution >= 0.6 is 0 Å². The van der Waals surface area contributed by atoms with Crippen LogP contribution in [0.4, 0.5) is 0 Å². The molecule has 0 aliphatic rings. The van der Waals surface area contributed by atoms with E-state index in [-0.39, 0.29) is 43.3 Å². The van der Waals surface area contributed by atoms with Crippen LogP contribution in [0.25, 0.3) is 0 Å². The molecule has 3 N–H and O–H groups in total. The van der Waals surface area contributed by atoms with Gasteiger partial charge in [-0.3, -0.25) is 14.4 Å². The normalized spacial score (nSPS) is 11.7. The molecule has 6 heteroatoms. The third-order valence-corrected chi connectivity index (χ3v) is 2.20. The van der Waals surface area contributed by atoms with Gasteiger partial charge in [0.1, 0.15) is 5.78 Å². The van der Waals surface area contributed by atoms with Crippen molar-refractivity contribution in [1.82, 2.24) is 16.0 Å². The maximum Gasteiger partial charge on any atom is 0.239 e. The lowest BCUT2D eigenvalue weighted by molar-refractivity contribution is -0.126. The van der Waals surface area contributed by atoms with Crippen molar-refractivity contribution in [3.63, 3.8) is 0 Å². The molecule has 0 bridgehead atoms. The van der Waals surface area contributed by atoms with Crippen molar-refractivity contribution in [3.8, 4) is 0 Å². The van der Waals surface area contributed by atoms with E-state index in [1.807, 2.05) is 13.8 Å². The Bertz CT molecular complexity index is 279. The van der Waals surface area contributed by atoms with Crippen LogP contribution in [0, 0.1) is 0 Å². The van der Waals surface area contributed by atoms with E-state index in [1.54, 1.807) is 0 Å². The van der Waals surface area contributed by atoms with Gasteiger partial charge >= 0.3 is 0 Å². The molecule has 0 spiro atoms. The smallest absolute Gasteiger partial charge is 0.239 e. The summed E-state index contributed by atoms with van der Waals surface area (Å²) >= 11 is 0. The van der Waals surface area contributed by atoms with Crippen molar-refractivity contribution >= 4 is 17.6 Å². The molecule has 0 saturated heterocycles. The maximum atomic E-state index is 11.3. The molecular weight excluding hydrogens is 222 g/mol. The largest absolute Gasteiger partial charge is 0.348 e. The van der Waals surface area contributed by atoms with Crippen LogP contribution in [0.2, 0.25) is 0 Å². The third kappa shape index (κ3) is 9.50.